The van der Waals surface area contributed by atoms with Crippen molar-refractivity contribution in [2.45, 2.75) is 6.61 Å². The lowest BCUT2D eigenvalue weighted by atomic mass is 9.91. The number of aromatic nitrogens is 1. The molecule has 0 amide bonds. The Morgan fingerprint density at radius 2 is 2.07 bits per heavy atom. The molecule has 1 N–H and O–H groups in total. The van der Waals surface area contributed by atoms with Gasteiger partial charge in [0.2, 0.25) is 0 Å². The zero-order valence-electron chi connectivity index (χ0n) is 7.20. The van der Waals surface area contributed by atoms with Crippen molar-refractivity contribution in [1.82, 2.24) is 4.98 Å². The molecule has 14 heavy (non-hydrogen) atoms. The molecule has 0 radical (unpaired) electrons. The van der Waals surface area contributed by atoms with E-state index in [4.69, 9.17) is 5.11 Å². The van der Waals surface area contributed by atoms with E-state index in [-0.39, 0.29) is 12.6 Å². The normalized spacial score (nSPS) is 12.3. The van der Waals surface area contributed by atoms with Crippen LogP contribution in [0.4, 0.5) is 12.9 Å². The Morgan fingerprint density at radius 3 is 2.50 bits per heavy atom. The third-order valence-electron chi connectivity index (χ3n) is 1.52. The summed E-state index contributed by atoms with van der Waals surface area (Å²) in [6.07, 6.45) is 2.23. The second kappa shape index (κ2) is 4.28. The summed E-state index contributed by atoms with van der Waals surface area (Å²) in [5.41, 5.74) is 0.793. The summed E-state index contributed by atoms with van der Waals surface area (Å²) in [7, 11) is 0. The van der Waals surface area contributed by atoms with Crippen LogP contribution in [0.25, 0.3) is 6.08 Å². The fraction of sp³-hybridized carbons (Fsp3) is 0.125. The summed E-state index contributed by atoms with van der Waals surface area (Å²) in [6.45, 7) is -5.11. The van der Waals surface area contributed by atoms with Gasteiger partial charge in [-0.1, -0.05) is 12.1 Å². The van der Waals surface area contributed by atoms with Gasteiger partial charge in [-0.15, -0.1) is 5.98 Å². The van der Waals surface area contributed by atoms with Crippen molar-refractivity contribution >= 4 is 13.1 Å². The number of hydrogen-bond acceptors (Lipinski definition) is 2. The van der Waals surface area contributed by atoms with Gasteiger partial charge < -0.3 is 18.1 Å². The highest BCUT2D eigenvalue weighted by molar-refractivity contribution is 6.64. The van der Waals surface area contributed by atoms with Crippen LogP contribution in [0, 0.1) is 0 Å². The number of aliphatic hydroxyl groups is 1. The summed E-state index contributed by atoms with van der Waals surface area (Å²) in [6, 6.07) is 2.94. The molecule has 0 aromatic carbocycles. The SMILES string of the molecule is OCc1ccc(/C=C/[B-](F)(F)F)cn1. The van der Waals surface area contributed by atoms with Crippen molar-refractivity contribution in [2.24, 2.45) is 0 Å². The average molecular weight is 202 g/mol. The van der Waals surface area contributed by atoms with Crippen LogP contribution in [0.1, 0.15) is 11.3 Å². The van der Waals surface area contributed by atoms with Crippen molar-refractivity contribution in [3.63, 3.8) is 0 Å². The average Bonchev–Trinajstić information content (AvgIpc) is 2.14. The van der Waals surface area contributed by atoms with E-state index in [9.17, 15) is 12.9 Å². The number of pyridine rings is 1. The lowest BCUT2D eigenvalue weighted by Gasteiger charge is -2.06. The Morgan fingerprint density at radius 1 is 1.36 bits per heavy atom. The summed E-state index contributed by atoms with van der Waals surface area (Å²) in [5.74, 6) is 0.204. The molecule has 0 aliphatic carbocycles. The second-order valence-electron chi connectivity index (χ2n) is 2.73. The van der Waals surface area contributed by atoms with Gasteiger partial charge in [0, 0.05) is 6.20 Å². The van der Waals surface area contributed by atoms with E-state index < -0.39 is 6.98 Å². The van der Waals surface area contributed by atoms with E-state index in [1.165, 1.54) is 18.3 Å². The van der Waals surface area contributed by atoms with Crippen molar-refractivity contribution < 1.29 is 18.1 Å². The Bertz CT molecular complexity index is 320. The third-order valence-corrected chi connectivity index (χ3v) is 1.52. The molecule has 76 valence electrons. The molecule has 0 aliphatic rings. The fourth-order valence-electron chi connectivity index (χ4n) is 0.848. The molecule has 1 heterocycles. The minimum atomic E-state index is -4.90. The largest absolute Gasteiger partial charge is 0.502 e. The van der Waals surface area contributed by atoms with Gasteiger partial charge in [0.05, 0.1) is 12.3 Å². The fourth-order valence-corrected chi connectivity index (χ4v) is 0.848. The van der Waals surface area contributed by atoms with Crippen molar-refractivity contribution in [3.05, 3.63) is 35.6 Å². The van der Waals surface area contributed by atoms with Crippen LogP contribution in [-0.4, -0.2) is 17.1 Å². The van der Waals surface area contributed by atoms with Gasteiger partial charge in [-0.05, 0) is 11.6 Å². The molecule has 0 saturated heterocycles. The number of nitrogens with zero attached hydrogens (tertiary/aromatic N) is 1. The maximum Gasteiger partial charge on any atom is 0.502 e. The zero-order valence-corrected chi connectivity index (χ0v) is 7.20. The van der Waals surface area contributed by atoms with Gasteiger partial charge in [-0.25, -0.2) is 0 Å². The number of halogens is 3. The molecular formula is C8H8BF3NO-. The molecule has 0 saturated carbocycles. The van der Waals surface area contributed by atoms with Crippen LogP contribution >= 0.6 is 0 Å². The van der Waals surface area contributed by atoms with Crippen molar-refractivity contribution in [1.29, 1.82) is 0 Å². The summed E-state index contributed by atoms with van der Waals surface area (Å²) in [5, 5.41) is 8.63. The smallest absolute Gasteiger partial charge is 0.445 e. The number of rotatable bonds is 3. The molecule has 1 aromatic rings. The van der Waals surface area contributed by atoms with Crippen LogP contribution in [0.2, 0.25) is 0 Å². The van der Waals surface area contributed by atoms with Gasteiger partial charge in [-0.3, -0.25) is 4.98 Å². The van der Waals surface area contributed by atoms with E-state index in [0.29, 0.717) is 11.3 Å². The monoisotopic (exact) mass is 202 g/mol. The molecule has 0 spiro atoms. The quantitative estimate of drug-likeness (QED) is 0.760. The highest BCUT2D eigenvalue weighted by Gasteiger charge is 2.16. The topological polar surface area (TPSA) is 33.1 Å². The van der Waals surface area contributed by atoms with Gasteiger partial charge >= 0.3 is 6.98 Å². The molecule has 0 fully saturated rings. The molecular weight excluding hydrogens is 194 g/mol. The third kappa shape index (κ3) is 3.61. The van der Waals surface area contributed by atoms with Crippen LogP contribution in [0.5, 0.6) is 0 Å². The van der Waals surface area contributed by atoms with E-state index in [1.807, 2.05) is 0 Å². The first-order valence-electron chi connectivity index (χ1n) is 3.96. The maximum absolute atomic E-state index is 11.8. The highest BCUT2D eigenvalue weighted by atomic mass is 19.4. The minimum absolute atomic E-state index is 0.204. The van der Waals surface area contributed by atoms with Gasteiger partial charge in [0.25, 0.3) is 0 Å². The first-order chi connectivity index (χ1) is 6.51. The Kier molecular flexibility index (Phi) is 3.30. The molecule has 0 aliphatic heterocycles. The molecule has 0 atom stereocenters. The van der Waals surface area contributed by atoms with Gasteiger partial charge in [-0.2, -0.15) is 0 Å². The lowest BCUT2D eigenvalue weighted by molar-refractivity contribution is 0.277. The molecule has 0 unspecified atom stereocenters. The second-order valence-corrected chi connectivity index (χ2v) is 2.73. The summed E-state index contributed by atoms with van der Waals surface area (Å²) >= 11 is 0. The summed E-state index contributed by atoms with van der Waals surface area (Å²) < 4.78 is 35.4. The lowest BCUT2D eigenvalue weighted by Crippen LogP contribution is -2.09. The van der Waals surface area contributed by atoms with Crippen LogP contribution < -0.4 is 0 Å². The van der Waals surface area contributed by atoms with Crippen LogP contribution in [0.3, 0.4) is 0 Å². The van der Waals surface area contributed by atoms with Crippen molar-refractivity contribution in [2.75, 3.05) is 0 Å². The molecule has 1 aromatic heterocycles. The zero-order chi connectivity index (χ0) is 10.6. The predicted molar refractivity (Wildman–Crippen MR) is 48.3 cm³/mol. The highest BCUT2D eigenvalue weighted by Crippen LogP contribution is 2.12. The Hall–Kier alpha value is -1.30. The van der Waals surface area contributed by atoms with Gasteiger partial charge in [0.1, 0.15) is 0 Å². The molecule has 0 bridgehead atoms. The number of aliphatic hydroxyl groups excluding tert-OH is 1. The predicted octanol–water partition coefficient (Wildman–Crippen LogP) is 1.97. The van der Waals surface area contributed by atoms with E-state index in [0.717, 1.165) is 6.08 Å². The molecule has 6 heteroatoms. The van der Waals surface area contributed by atoms with E-state index in [1.54, 1.807) is 0 Å². The molecule has 2 nitrogen and oxygen atoms in total. The summed E-state index contributed by atoms with van der Waals surface area (Å²) in [4.78, 5) is 3.74. The van der Waals surface area contributed by atoms with E-state index in [2.05, 4.69) is 4.98 Å². The number of hydrogen-bond donors (Lipinski definition) is 1. The first-order valence-corrected chi connectivity index (χ1v) is 3.96. The van der Waals surface area contributed by atoms with Gasteiger partial charge in [0.15, 0.2) is 0 Å². The Balaban J connectivity index is 2.74. The maximum atomic E-state index is 11.8. The first kappa shape index (κ1) is 10.8. The van der Waals surface area contributed by atoms with Crippen molar-refractivity contribution in [3.8, 4) is 0 Å². The van der Waals surface area contributed by atoms with Crippen LogP contribution in [-0.2, 0) is 6.61 Å². The standard InChI is InChI=1S/C8H8BF3NO/c10-9(11,12)4-3-7-1-2-8(6-14)13-5-7/h1-5,14H,6H2/q-1/b4-3+. The Labute approximate surface area is 79.2 Å². The van der Waals surface area contributed by atoms with E-state index >= 15 is 0 Å². The molecule has 1 rings (SSSR count). The minimum Gasteiger partial charge on any atom is -0.445 e. The van der Waals surface area contributed by atoms with Crippen LogP contribution in [0.15, 0.2) is 24.3 Å².